The molecule has 0 spiro atoms. The van der Waals surface area contributed by atoms with Gasteiger partial charge in [-0.05, 0) is 24.6 Å². The molecule has 6 nitrogen and oxygen atoms in total. The van der Waals surface area contributed by atoms with Crippen molar-refractivity contribution in [1.29, 1.82) is 0 Å². The molecular formula is C16H17N3O3. The van der Waals surface area contributed by atoms with E-state index < -0.39 is 11.8 Å². The van der Waals surface area contributed by atoms with Gasteiger partial charge < -0.3 is 15.2 Å². The molecule has 1 heterocycles. The van der Waals surface area contributed by atoms with Crippen molar-refractivity contribution in [3.05, 3.63) is 64.1 Å². The van der Waals surface area contributed by atoms with Gasteiger partial charge in [-0.3, -0.25) is 14.4 Å². The molecule has 0 radical (unpaired) electrons. The number of nitrogens with one attached hydrogen (secondary N) is 2. The van der Waals surface area contributed by atoms with Crippen LogP contribution in [0.25, 0.3) is 0 Å². The van der Waals surface area contributed by atoms with E-state index in [1.165, 1.54) is 17.7 Å². The van der Waals surface area contributed by atoms with Crippen LogP contribution in [0.4, 0.5) is 5.69 Å². The van der Waals surface area contributed by atoms with Gasteiger partial charge in [-0.15, -0.1) is 0 Å². The molecule has 22 heavy (non-hydrogen) atoms. The Bertz CT molecular complexity index is 748. The first-order valence-electron chi connectivity index (χ1n) is 6.79. The molecule has 0 unspecified atom stereocenters. The van der Waals surface area contributed by atoms with Gasteiger partial charge >= 0.3 is 11.8 Å². The highest BCUT2D eigenvalue weighted by atomic mass is 16.2. The molecule has 1 aromatic heterocycles. The number of aromatic nitrogens is 1. The third-order valence-electron chi connectivity index (χ3n) is 3.18. The molecule has 2 aromatic rings. The second kappa shape index (κ2) is 6.71. The predicted molar refractivity (Wildman–Crippen MR) is 83.7 cm³/mol. The van der Waals surface area contributed by atoms with Gasteiger partial charge in [0.2, 0.25) is 0 Å². The number of aryl methyl sites for hydroxylation is 1. The van der Waals surface area contributed by atoms with Crippen molar-refractivity contribution in [2.24, 2.45) is 0 Å². The molecule has 0 fully saturated rings. The summed E-state index contributed by atoms with van der Waals surface area (Å²) in [5.74, 6) is -1.67. The maximum atomic E-state index is 12.3. The van der Waals surface area contributed by atoms with Crippen LogP contribution in [-0.4, -0.2) is 23.4 Å². The van der Waals surface area contributed by atoms with Crippen LogP contribution in [0.1, 0.15) is 11.1 Å². The summed E-state index contributed by atoms with van der Waals surface area (Å²) in [5, 5.41) is 4.52. The average molecular weight is 299 g/mol. The second-order valence-electron chi connectivity index (χ2n) is 4.87. The Morgan fingerprint density at radius 2 is 1.77 bits per heavy atom. The molecule has 0 aliphatic heterocycles. The fraction of sp³-hybridized carbons (Fsp3) is 0.188. The van der Waals surface area contributed by atoms with Crippen LogP contribution < -0.4 is 16.2 Å². The lowest BCUT2D eigenvalue weighted by atomic mass is 10.1. The van der Waals surface area contributed by atoms with E-state index in [-0.39, 0.29) is 11.2 Å². The number of benzene rings is 1. The molecule has 0 aliphatic carbocycles. The van der Waals surface area contributed by atoms with E-state index in [1.54, 1.807) is 12.3 Å². The average Bonchev–Trinajstić information content (AvgIpc) is 2.52. The highest BCUT2D eigenvalue weighted by Gasteiger charge is 2.13. The molecule has 6 heteroatoms. The number of hydrogen-bond acceptors (Lipinski definition) is 3. The zero-order valence-corrected chi connectivity index (χ0v) is 12.4. The Balaban J connectivity index is 2.22. The largest absolute Gasteiger partial charge is 0.351 e. The fourth-order valence-electron chi connectivity index (χ4n) is 1.94. The third-order valence-corrected chi connectivity index (χ3v) is 3.18. The lowest BCUT2D eigenvalue weighted by Gasteiger charge is -2.09. The minimum Gasteiger partial charge on any atom is -0.351 e. The molecule has 2 amide bonds. The van der Waals surface area contributed by atoms with Crippen molar-refractivity contribution in [2.45, 2.75) is 13.5 Å². The summed E-state index contributed by atoms with van der Waals surface area (Å²) >= 11 is 0. The van der Waals surface area contributed by atoms with Crippen LogP contribution in [0.3, 0.4) is 0 Å². The first kappa shape index (κ1) is 15.5. The van der Waals surface area contributed by atoms with Crippen molar-refractivity contribution in [3.63, 3.8) is 0 Å². The minimum atomic E-state index is -0.868. The Morgan fingerprint density at radius 1 is 1.09 bits per heavy atom. The van der Waals surface area contributed by atoms with Crippen LogP contribution in [0.5, 0.6) is 0 Å². The summed E-state index contributed by atoms with van der Waals surface area (Å²) < 4.78 is 1.48. The normalized spacial score (nSPS) is 10.1. The topological polar surface area (TPSA) is 80.2 Å². The van der Waals surface area contributed by atoms with Gasteiger partial charge in [0.25, 0.3) is 5.56 Å². The van der Waals surface area contributed by atoms with Gasteiger partial charge in [-0.25, -0.2) is 0 Å². The molecular weight excluding hydrogens is 282 g/mol. The number of carbonyl (C=O) groups excluding carboxylic acids is 2. The SMILES string of the molecule is CNC(=O)C(=O)Nc1cccn(Cc2ccc(C)cc2)c1=O. The number of nitrogens with zero attached hydrogens (tertiary/aromatic N) is 1. The molecule has 1 aromatic carbocycles. The van der Waals surface area contributed by atoms with Gasteiger partial charge in [-0.2, -0.15) is 0 Å². The van der Waals surface area contributed by atoms with Crippen molar-refractivity contribution in [3.8, 4) is 0 Å². The highest BCUT2D eigenvalue weighted by Crippen LogP contribution is 2.06. The Kier molecular flexibility index (Phi) is 4.73. The lowest BCUT2D eigenvalue weighted by Crippen LogP contribution is -2.35. The number of carbonyl (C=O) groups is 2. The summed E-state index contributed by atoms with van der Waals surface area (Å²) in [6, 6.07) is 10.9. The highest BCUT2D eigenvalue weighted by molar-refractivity contribution is 6.39. The standard InChI is InChI=1S/C16H17N3O3/c1-11-5-7-12(8-6-11)10-19-9-3-4-13(16(19)22)18-15(21)14(20)17-2/h3-9H,10H2,1-2H3,(H,17,20)(H,18,21). The maximum Gasteiger partial charge on any atom is 0.313 e. The van der Waals surface area contributed by atoms with Gasteiger partial charge in [0, 0.05) is 13.2 Å². The smallest absolute Gasteiger partial charge is 0.313 e. The summed E-state index contributed by atoms with van der Waals surface area (Å²) in [6.45, 7) is 2.38. The summed E-state index contributed by atoms with van der Waals surface area (Å²) in [7, 11) is 1.35. The zero-order chi connectivity index (χ0) is 16.1. The summed E-state index contributed by atoms with van der Waals surface area (Å²) in [6.07, 6.45) is 1.64. The van der Waals surface area contributed by atoms with Gasteiger partial charge in [0.1, 0.15) is 5.69 Å². The van der Waals surface area contributed by atoms with E-state index in [0.29, 0.717) is 6.54 Å². The third kappa shape index (κ3) is 3.60. The van der Waals surface area contributed by atoms with E-state index in [0.717, 1.165) is 11.1 Å². The van der Waals surface area contributed by atoms with Crippen LogP contribution >= 0.6 is 0 Å². The van der Waals surface area contributed by atoms with Crippen molar-refractivity contribution in [2.75, 3.05) is 12.4 Å². The van der Waals surface area contributed by atoms with Crippen LogP contribution in [0, 0.1) is 6.92 Å². The predicted octanol–water partition coefficient (Wildman–Crippen LogP) is 0.890. The number of hydrogen-bond donors (Lipinski definition) is 2. The Hall–Kier alpha value is -2.89. The van der Waals surface area contributed by atoms with Gasteiger partial charge in [0.15, 0.2) is 0 Å². The van der Waals surface area contributed by atoms with Crippen molar-refractivity contribution < 1.29 is 9.59 Å². The molecule has 0 atom stereocenters. The zero-order valence-electron chi connectivity index (χ0n) is 12.4. The van der Waals surface area contributed by atoms with E-state index >= 15 is 0 Å². The quantitative estimate of drug-likeness (QED) is 0.826. The molecule has 0 saturated heterocycles. The molecule has 2 N–H and O–H groups in total. The minimum absolute atomic E-state index is 0.0724. The van der Waals surface area contributed by atoms with Crippen molar-refractivity contribution >= 4 is 17.5 Å². The molecule has 114 valence electrons. The number of rotatable bonds is 3. The number of pyridine rings is 1. The number of amides is 2. The van der Waals surface area contributed by atoms with Gasteiger partial charge in [0.05, 0.1) is 6.54 Å². The Labute approximate surface area is 127 Å². The van der Waals surface area contributed by atoms with Crippen molar-refractivity contribution in [1.82, 2.24) is 9.88 Å². The summed E-state index contributed by atoms with van der Waals surface area (Å²) in [4.78, 5) is 35.0. The molecule has 2 rings (SSSR count). The van der Waals surface area contributed by atoms with Crippen LogP contribution in [-0.2, 0) is 16.1 Å². The van der Waals surface area contributed by atoms with Crippen LogP contribution in [0.2, 0.25) is 0 Å². The lowest BCUT2D eigenvalue weighted by molar-refractivity contribution is -0.135. The van der Waals surface area contributed by atoms with Gasteiger partial charge in [-0.1, -0.05) is 29.8 Å². The molecule has 0 saturated carbocycles. The molecule has 0 aliphatic rings. The van der Waals surface area contributed by atoms with E-state index in [4.69, 9.17) is 0 Å². The molecule has 0 bridgehead atoms. The maximum absolute atomic E-state index is 12.3. The second-order valence-corrected chi connectivity index (χ2v) is 4.87. The monoisotopic (exact) mass is 299 g/mol. The first-order valence-corrected chi connectivity index (χ1v) is 6.79. The first-order chi connectivity index (χ1) is 10.5. The number of likely N-dealkylation sites (N-methyl/N-ethyl adjacent to an activating group) is 1. The van der Waals surface area contributed by atoms with E-state index in [2.05, 4.69) is 10.6 Å². The van der Waals surface area contributed by atoms with Crippen LogP contribution in [0.15, 0.2) is 47.4 Å². The van der Waals surface area contributed by atoms with E-state index in [1.807, 2.05) is 31.2 Å². The Morgan fingerprint density at radius 3 is 2.41 bits per heavy atom. The summed E-state index contributed by atoms with van der Waals surface area (Å²) in [5.41, 5.74) is 1.83. The fourth-order valence-corrected chi connectivity index (χ4v) is 1.94. The number of anilines is 1. The van der Waals surface area contributed by atoms with E-state index in [9.17, 15) is 14.4 Å².